The highest BCUT2D eigenvalue weighted by Gasteiger charge is 2.23. The minimum Gasteiger partial charge on any atom is -0.342 e. The molecule has 0 saturated heterocycles. The van der Waals surface area contributed by atoms with Gasteiger partial charge in [-0.25, -0.2) is 39.5 Å². The van der Waals surface area contributed by atoms with E-state index in [0.29, 0.717) is 22.0 Å². The fraction of sp³-hybridized carbons (Fsp3) is 0.0800. The second-order valence-corrected chi connectivity index (χ2v) is 9.73. The maximum Gasteiger partial charge on any atom is 0.267 e. The molecule has 0 atom stereocenters. The first kappa shape index (κ1) is 26.0. The second-order valence-electron chi connectivity index (χ2n) is 8.08. The minimum atomic E-state index is -4.91. The molecule has 5 nitrogen and oxygen atoms in total. The van der Waals surface area contributed by atoms with Crippen molar-refractivity contribution in [1.29, 1.82) is 0 Å². The standard InChI is InChI=1S/C25H16F6N2O3S/c1-13-11-33(12-14-2-4-18(27)19(28)6-14)25-15(7-16(26)8-17(13)25)3-5-24(34)32-37(35,36)23-10-21(30)20(29)9-22(23)31/h2-11H,12H2,1H3,(H,32,34)/b5-3+. The molecule has 0 aliphatic heterocycles. The van der Waals surface area contributed by atoms with Crippen LogP contribution in [0.3, 0.4) is 0 Å². The summed E-state index contributed by atoms with van der Waals surface area (Å²) in [4.78, 5) is 11.0. The van der Waals surface area contributed by atoms with Crippen LogP contribution < -0.4 is 4.72 Å². The number of fused-ring (bicyclic) bond motifs is 1. The van der Waals surface area contributed by atoms with Gasteiger partial charge in [-0.3, -0.25) is 4.79 Å². The maximum absolute atomic E-state index is 14.3. The number of nitrogens with zero attached hydrogens (tertiary/aromatic N) is 1. The second kappa shape index (κ2) is 9.77. The van der Waals surface area contributed by atoms with Gasteiger partial charge in [0.15, 0.2) is 23.3 Å². The van der Waals surface area contributed by atoms with Crippen LogP contribution in [0.2, 0.25) is 0 Å². The number of rotatable bonds is 6. The summed E-state index contributed by atoms with van der Waals surface area (Å²) in [5, 5.41) is 0.444. The predicted molar refractivity (Wildman–Crippen MR) is 123 cm³/mol. The molecule has 1 aromatic heterocycles. The van der Waals surface area contributed by atoms with Crippen LogP contribution in [0.25, 0.3) is 17.0 Å². The van der Waals surface area contributed by atoms with Gasteiger partial charge in [0, 0.05) is 41.9 Å². The van der Waals surface area contributed by atoms with Gasteiger partial charge >= 0.3 is 0 Å². The van der Waals surface area contributed by atoms with Crippen LogP contribution >= 0.6 is 0 Å². The Morgan fingerprint density at radius 3 is 2.27 bits per heavy atom. The molecule has 0 fully saturated rings. The lowest BCUT2D eigenvalue weighted by molar-refractivity contribution is -0.114. The number of halogens is 6. The smallest absolute Gasteiger partial charge is 0.267 e. The number of sulfonamides is 1. The first-order valence-electron chi connectivity index (χ1n) is 10.5. The molecule has 37 heavy (non-hydrogen) atoms. The van der Waals surface area contributed by atoms with Crippen molar-refractivity contribution >= 4 is 32.9 Å². The van der Waals surface area contributed by atoms with Gasteiger partial charge in [0.25, 0.3) is 15.9 Å². The molecule has 0 bridgehead atoms. The number of nitrogens with one attached hydrogen (secondary N) is 1. The predicted octanol–water partition coefficient (Wildman–Crippen LogP) is 5.35. The first-order chi connectivity index (χ1) is 17.4. The lowest BCUT2D eigenvalue weighted by Crippen LogP contribution is -2.29. The third-order valence-corrected chi connectivity index (χ3v) is 6.78. The average molecular weight is 538 g/mol. The normalized spacial score (nSPS) is 12.0. The minimum absolute atomic E-state index is 0.0250. The lowest BCUT2D eigenvalue weighted by atomic mass is 10.1. The van der Waals surface area contributed by atoms with E-state index in [2.05, 4.69) is 0 Å². The van der Waals surface area contributed by atoms with Gasteiger partial charge in [0.1, 0.15) is 16.5 Å². The van der Waals surface area contributed by atoms with E-state index in [1.165, 1.54) is 16.9 Å². The summed E-state index contributed by atoms with van der Waals surface area (Å²) in [5.41, 5.74) is 1.57. The number of hydrogen-bond acceptors (Lipinski definition) is 3. The monoisotopic (exact) mass is 538 g/mol. The van der Waals surface area contributed by atoms with E-state index in [1.807, 2.05) is 0 Å². The van der Waals surface area contributed by atoms with Gasteiger partial charge in [-0.15, -0.1) is 0 Å². The van der Waals surface area contributed by atoms with Gasteiger partial charge in [-0.05, 0) is 48.4 Å². The van der Waals surface area contributed by atoms with E-state index in [-0.39, 0.29) is 24.2 Å². The summed E-state index contributed by atoms with van der Waals surface area (Å²) in [6.45, 7) is 1.75. The van der Waals surface area contributed by atoms with Crippen molar-refractivity contribution in [2.24, 2.45) is 0 Å². The largest absolute Gasteiger partial charge is 0.342 e. The Hall–Kier alpha value is -4.06. The highest BCUT2D eigenvalue weighted by molar-refractivity contribution is 7.90. The van der Waals surface area contributed by atoms with Crippen molar-refractivity contribution in [3.63, 3.8) is 0 Å². The Labute approximate surface area is 206 Å². The first-order valence-corrected chi connectivity index (χ1v) is 12.0. The number of aromatic nitrogens is 1. The average Bonchev–Trinajstić information content (AvgIpc) is 3.11. The Kier molecular flexibility index (Phi) is 6.87. The zero-order chi connectivity index (χ0) is 27.1. The number of hydrogen-bond donors (Lipinski definition) is 1. The third kappa shape index (κ3) is 5.38. The quantitative estimate of drug-likeness (QED) is 0.205. The zero-order valence-electron chi connectivity index (χ0n) is 18.8. The highest BCUT2D eigenvalue weighted by Crippen LogP contribution is 2.28. The van der Waals surface area contributed by atoms with E-state index in [1.54, 1.807) is 17.7 Å². The zero-order valence-corrected chi connectivity index (χ0v) is 19.6. The van der Waals surface area contributed by atoms with Gasteiger partial charge < -0.3 is 4.57 Å². The molecule has 4 rings (SSSR count). The highest BCUT2D eigenvalue weighted by atomic mass is 32.2. The number of aryl methyl sites for hydroxylation is 1. The topological polar surface area (TPSA) is 68.2 Å². The number of amides is 1. The summed E-state index contributed by atoms with van der Waals surface area (Å²) in [5.74, 6) is -8.88. The van der Waals surface area contributed by atoms with Crippen molar-refractivity contribution < 1.29 is 39.6 Å². The number of carbonyl (C=O) groups is 1. The molecule has 0 saturated carbocycles. The van der Waals surface area contributed by atoms with Crippen molar-refractivity contribution in [2.45, 2.75) is 18.4 Å². The summed E-state index contributed by atoms with van der Waals surface area (Å²) in [6.07, 6.45) is 3.46. The Bertz CT molecular complexity index is 1700. The molecule has 1 amide bonds. The SMILES string of the molecule is Cc1cn(Cc2ccc(F)c(F)c2)c2c(/C=C/C(=O)NS(=O)(=O)c3cc(F)c(F)cc3F)cc(F)cc12. The molecule has 0 radical (unpaired) electrons. The number of benzene rings is 3. The molecular weight excluding hydrogens is 522 g/mol. The third-order valence-electron chi connectivity index (χ3n) is 5.42. The van der Waals surface area contributed by atoms with E-state index in [9.17, 15) is 39.6 Å². The molecule has 3 aromatic carbocycles. The van der Waals surface area contributed by atoms with E-state index in [4.69, 9.17) is 0 Å². The molecule has 12 heteroatoms. The molecule has 0 aliphatic rings. The van der Waals surface area contributed by atoms with E-state index in [0.717, 1.165) is 30.4 Å². The van der Waals surface area contributed by atoms with E-state index < -0.39 is 55.7 Å². The molecule has 0 spiro atoms. The molecule has 1 heterocycles. The molecule has 0 aliphatic carbocycles. The van der Waals surface area contributed by atoms with Crippen LogP contribution in [0.1, 0.15) is 16.7 Å². The van der Waals surface area contributed by atoms with Crippen LogP contribution in [-0.4, -0.2) is 18.9 Å². The summed E-state index contributed by atoms with van der Waals surface area (Å²) < 4.78 is 109. The van der Waals surface area contributed by atoms with Crippen molar-refractivity contribution in [1.82, 2.24) is 9.29 Å². The van der Waals surface area contributed by atoms with Gasteiger partial charge in [0.2, 0.25) is 0 Å². The lowest BCUT2D eigenvalue weighted by Gasteiger charge is -2.09. The Balaban J connectivity index is 1.67. The maximum atomic E-state index is 14.3. The van der Waals surface area contributed by atoms with Gasteiger partial charge in [-0.2, -0.15) is 0 Å². The fourth-order valence-electron chi connectivity index (χ4n) is 3.79. The number of carbonyl (C=O) groups excluding carboxylic acids is 1. The molecule has 192 valence electrons. The molecule has 0 unspecified atom stereocenters. The van der Waals surface area contributed by atoms with Crippen LogP contribution in [0.4, 0.5) is 26.3 Å². The van der Waals surface area contributed by atoms with Crippen LogP contribution in [0.15, 0.2) is 59.6 Å². The van der Waals surface area contributed by atoms with Crippen molar-refractivity contribution in [2.75, 3.05) is 0 Å². The molecular formula is C25H16F6N2O3S. The molecule has 4 aromatic rings. The summed E-state index contributed by atoms with van der Waals surface area (Å²) >= 11 is 0. The van der Waals surface area contributed by atoms with Gasteiger partial charge in [0.05, 0.1) is 5.52 Å². The summed E-state index contributed by atoms with van der Waals surface area (Å²) in [7, 11) is -4.91. The summed E-state index contributed by atoms with van der Waals surface area (Å²) in [6, 6.07) is 5.76. The van der Waals surface area contributed by atoms with Crippen molar-refractivity contribution in [3.8, 4) is 0 Å². The van der Waals surface area contributed by atoms with Crippen LogP contribution in [-0.2, 0) is 21.4 Å². The van der Waals surface area contributed by atoms with Gasteiger partial charge in [-0.1, -0.05) is 6.07 Å². The fourth-order valence-corrected chi connectivity index (χ4v) is 4.81. The Morgan fingerprint density at radius 1 is 0.892 bits per heavy atom. The van der Waals surface area contributed by atoms with Crippen molar-refractivity contribution in [3.05, 3.63) is 106 Å². The van der Waals surface area contributed by atoms with E-state index >= 15 is 0 Å². The van der Waals surface area contributed by atoms with Crippen LogP contribution in [0.5, 0.6) is 0 Å². The molecule has 1 N–H and O–H groups in total. The Morgan fingerprint density at radius 2 is 1.57 bits per heavy atom. The van der Waals surface area contributed by atoms with Crippen LogP contribution in [0, 0.1) is 41.8 Å².